The number of hydrogen-bond acceptors (Lipinski definition) is 4. The molecule has 1 N–H and O–H groups in total. The predicted molar refractivity (Wildman–Crippen MR) is 219 cm³/mol. The predicted octanol–water partition coefficient (Wildman–Crippen LogP) is 12.2. The second kappa shape index (κ2) is 12.9. The quantitative estimate of drug-likeness (QED) is 0.190. The van der Waals surface area contributed by atoms with Crippen LogP contribution in [0.3, 0.4) is 0 Å². The smallest absolute Gasteiger partial charge is 0.159 e. The van der Waals surface area contributed by atoms with E-state index in [0.717, 1.165) is 88.6 Å². The zero-order chi connectivity index (χ0) is 35.1. The summed E-state index contributed by atoms with van der Waals surface area (Å²) in [6.07, 6.45) is -0.359. The molecule has 1 aliphatic heterocycles. The molecule has 1 aromatic heterocycles. The Bertz CT molecular complexity index is 2780. The lowest BCUT2D eigenvalue weighted by molar-refractivity contribution is 0.669. The Balaban J connectivity index is 1.22. The zero-order valence-electron chi connectivity index (χ0n) is 28.8. The van der Waals surface area contributed by atoms with Gasteiger partial charge in [0.25, 0.3) is 0 Å². The van der Waals surface area contributed by atoms with Crippen molar-refractivity contribution in [1.82, 2.24) is 5.32 Å². The SMILES string of the molecule is c1ccc(-c2cc(C3=NC(c4ccccc4)NC(c4ccc(-c5ccccc5)c5oc6cc7ccccc7cc6c45)=N3)cc(-c3ccccc3)c2)cc1. The molecule has 0 saturated heterocycles. The molecule has 1 atom stereocenters. The van der Waals surface area contributed by atoms with Gasteiger partial charge in [-0.3, -0.25) is 0 Å². The van der Waals surface area contributed by atoms with Crippen LogP contribution in [0.2, 0.25) is 0 Å². The van der Waals surface area contributed by atoms with Gasteiger partial charge in [0.15, 0.2) is 5.84 Å². The van der Waals surface area contributed by atoms with E-state index in [-0.39, 0.29) is 6.17 Å². The van der Waals surface area contributed by atoms with Gasteiger partial charge in [0, 0.05) is 27.5 Å². The molecule has 0 radical (unpaired) electrons. The highest BCUT2D eigenvalue weighted by atomic mass is 16.3. The van der Waals surface area contributed by atoms with E-state index in [4.69, 9.17) is 14.4 Å². The molecule has 0 amide bonds. The van der Waals surface area contributed by atoms with E-state index in [1.807, 2.05) is 12.1 Å². The summed E-state index contributed by atoms with van der Waals surface area (Å²) in [5.74, 6) is 1.41. The van der Waals surface area contributed by atoms with E-state index < -0.39 is 0 Å². The molecule has 250 valence electrons. The lowest BCUT2D eigenvalue weighted by Crippen LogP contribution is -2.33. The van der Waals surface area contributed by atoms with Crippen molar-refractivity contribution in [2.75, 3.05) is 0 Å². The number of amidine groups is 2. The van der Waals surface area contributed by atoms with Crippen molar-refractivity contribution in [1.29, 1.82) is 0 Å². The molecular weight excluding hydrogens is 647 g/mol. The Morgan fingerprint density at radius 2 is 0.981 bits per heavy atom. The minimum atomic E-state index is -0.359. The Labute approximate surface area is 307 Å². The molecule has 10 rings (SSSR count). The normalized spacial score (nSPS) is 14.2. The summed E-state index contributed by atoms with van der Waals surface area (Å²) in [5.41, 5.74) is 11.3. The molecule has 0 spiro atoms. The van der Waals surface area contributed by atoms with Gasteiger partial charge in [0.2, 0.25) is 0 Å². The second-order valence-corrected chi connectivity index (χ2v) is 13.4. The fourth-order valence-electron chi connectivity index (χ4n) is 7.48. The van der Waals surface area contributed by atoms with Gasteiger partial charge in [-0.2, -0.15) is 0 Å². The summed E-state index contributed by atoms with van der Waals surface area (Å²) in [6.45, 7) is 0. The summed E-state index contributed by atoms with van der Waals surface area (Å²) in [7, 11) is 0. The first-order chi connectivity index (χ1) is 26.2. The number of fused-ring (bicyclic) bond motifs is 4. The minimum Gasteiger partial charge on any atom is -0.455 e. The van der Waals surface area contributed by atoms with Crippen LogP contribution >= 0.6 is 0 Å². The molecule has 0 aliphatic carbocycles. The topological polar surface area (TPSA) is 49.9 Å². The lowest BCUT2D eigenvalue weighted by atomic mass is 9.95. The number of nitrogens with one attached hydrogen (secondary N) is 1. The highest BCUT2D eigenvalue weighted by molar-refractivity contribution is 6.24. The van der Waals surface area contributed by atoms with Gasteiger partial charge in [0.05, 0.1) is 0 Å². The van der Waals surface area contributed by atoms with Crippen molar-refractivity contribution in [3.63, 3.8) is 0 Å². The molecule has 4 heteroatoms. The molecule has 0 bridgehead atoms. The largest absolute Gasteiger partial charge is 0.455 e. The third kappa shape index (κ3) is 5.67. The van der Waals surface area contributed by atoms with E-state index in [2.05, 4.69) is 181 Å². The van der Waals surface area contributed by atoms with Crippen LogP contribution in [0.15, 0.2) is 202 Å². The Kier molecular flexibility index (Phi) is 7.51. The maximum absolute atomic E-state index is 6.82. The fraction of sp³-hybridized carbons (Fsp3) is 0.0204. The molecule has 9 aromatic rings. The number of benzene rings is 8. The molecular formula is C49H33N3O. The maximum Gasteiger partial charge on any atom is 0.159 e. The van der Waals surface area contributed by atoms with Crippen molar-refractivity contribution in [3.05, 3.63) is 205 Å². The van der Waals surface area contributed by atoms with Gasteiger partial charge >= 0.3 is 0 Å². The highest BCUT2D eigenvalue weighted by Gasteiger charge is 2.26. The first-order valence-corrected chi connectivity index (χ1v) is 17.9. The van der Waals surface area contributed by atoms with Crippen LogP contribution in [-0.2, 0) is 0 Å². The van der Waals surface area contributed by atoms with Crippen LogP contribution < -0.4 is 5.32 Å². The minimum absolute atomic E-state index is 0.359. The van der Waals surface area contributed by atoms with Crippen LogP contribution in [0, 0.1) is 0 Å². The van der Waals surface area contributed by atoms with Crippen LogP contribution in [0.4, 0.5) is 0 Å². The number of nitrogens with zero attached hydrogens (tertiary/aromatic N) is 2. The number of hydrogen-bond donors (Lipinski definition) is 1. The van der Waals surface area contributed by atoms with Crippen LogP contribution in [-0.4, -0.2) is 11.7 Å². The van der Waals surface area contributed by atoms with E-state index in [0.29, 0.717) is 5.84 Å². The standard InChI is InChI=1S/C49H33N3O/c1-5-15-32(16-6-1)38-27-39(33-17-7-2-8-18-33)29-40(28-38)48-50-47(35-21-11-4-12-22-35)51-49(52-48)42-26-25-41(34-19-9-3-10-20-34)46-45(42)43-30-36-23-13-14-24-37(36)31-44(43)53-46/h1-31,47H,(H,50,51,52). The first kappa shape index (κ1) is 30.8. The van der Waals surface area contributed by atoms with Crippen molar-refractivity contribution in [2.45, 2.75) is 6.17 Å². The van der Waals surface area contributed by atoms with Crippen molar-refractivity contribution < 1.29 is 4.42 Å². The van der Waals surface area contributed by atoms with Gasteiger partial charge in [-0.05, 0) is 86.6 Å². The highest BCUT2D eigenvalue weighted by Crippen LogP contribution is 2.40. The van der Waals surface area contributed by atoms with E-state index in [1.54, 1.807) is 0 Å². The Morgan fingerprint density at radius 3 is 1.62 bits per heavy atom. The van der Waals surface area contributed by atoms with Crippen molar-refractivity contribution >= 4 is 44.4 Å². The summed E-state index contributed by atoms with van der Waals surface area (Å²) in [5, 5.41) is 8.11. The Hall–Kier alpha value is -7.04. The fourth-order valence-corrected chi connectivity index (χ4v) is 7.48. The zero-order valence-corrected chi connectivity index (χ0v) is 28.8. The molecule has 2 heterocycles. The Morgan fingerprint density at radius 1 is 0.453 bits per heavy atom. The summed E-state index contributed by atoms with van der Waals surface area (Å²) >= 11 is 0. The molecule has 53 heavy (non-hydrogen) atoms. The molecule has 4 nitrogen and oxygen atoms in total. The molecule has 1 unspecified atom stereocenters. The van der Waals surface area contributed by atoms with Crippen LogP contribution in [0.1, 0.15) is 22.9 Å². The number of rotatable bonds is 6. The van der Waals surface area contributed by atoms with Gasteiger partial charge < -0.3 is 9.73 Å². The van der Waals surface area contributed by atoms with Crippen molar-refractivity contribution in [3.8, 4) is 33.4 Å². The van der Waals surface area contributed by atoms with E-state index >= 15 is 0 Å². The van der Waals surface area contributed by atoms with Gasteiger partial charge in [-0.15, -0.1) is 0 Å². The van der Waals surface area contributed by atoms with Crippen LogP contribution in [0.5, 0.6) is 0 Å². The van der Waals surface area contributed by atoms with Crippen LogP contribution in [0.25, 0.3) is 66.1 Å². The molecule has 8 aromatic carbocycles. The summed E-state index contributed by atoms with van der Waals surface area (Å²) in [4.78, 5) is 10.7. The molecule has 0 fully saturated rings. The molecule has 0 saturated carbocycles. The summed E-state index contributed by atoms with van der Waals surface area (Å²) < 4.78 is 6.82. The third-order valence-corrected chi connectivity index (χ3v) is 10.1. The van der Waals surface area contributed by atoms with Gasteiger partial charge in [-0.25, -0.2) is 9.98 Å². The molecule has 1 aliphatic rings. The number of aliphatic imine (C=N–C) groups is 2. The monoisotopic (exact) mass is 679 g/mol. The maximum atomic E-state index is 6.82. The third-order valence-electron chi connectivity index (χ3n) is 10.1. The first-order valence-electron chi connectivity index (χ1n) is 17.9. The summed E-state index contributed by atoms with van der Waals surface area (Å²) in [6, 6.07) is 65.7. The number of furan rings is 1. The van der Waals surface area contributed by atoms with E-state index in [1.165, 1.54) is 0 Å². The average Bonchev–Trinajstić information content (AvgIpc) is 3.61. The van der Waals surface area contributed by atoms with Gasteiger partial charge in [-0.1, -0.05) is 146 Å². The lowest BCUT2D eigenvalue weighted by Gasteiger charge is -2.24. The van der Waals surface area contributed by atoms with E-state index in [9.17, 15) is 0 Å². The van der Waals surface area contributed by atoms with Crippen molar-refractivity contribution in [2.24, 2.45) is 9.98 Å². The average molecular weight is 680 g/mol. The van der Waals surface area contributed by atoms with Gasteiger partial charge in [0.1, 0.15) is 23.2 Å². The second-order valence-electron chi connectivity index (χ2n) is 13.4.